The third-order valence-corrected chi connectivity index (χ3v) is 5.14. The van der Waals surface area contributed by atoms with Crippen LogP contribution in [0, 0.1) is 11.8 Å². The third-order valence-electron chi connectivity index (χ3n) is 5.14. The summed E-state index contributed by atoms with van der Waals surface area (Å²) in [6.07, 6.45) is 5.50. The van der Waals surface area contributed by atoms with Crippen LogP contribution < -0.4 is 16.0 Å². The first-order chi connectivity index (χ1) is 13.1. The van der Waals surface area contributed by atoms with Crippen LogP contribution in [0.1, 0.15) is 87.0 Å². The van der Waals surface area contributed by atoms with Gasteiger partial charge in [0.2, 0.25) is 11.8 Å². The second kappa shape index (κ2) is 13.9. The monoisotopic (exact) mass is 399 g/mol. The predicted octanol–water partition coefficient (Wildman–Crippen LogP) is 2.99. The third kappa shape index (κ3) is 11.6. The van der Waals surface area contributed by atoms with Crippen LogP contribution in [0.5, 0.6) is 0 Å². The Kier molecular flexibility index (Phi) is 13.4. The fourth-order valence-corrected chi connectivity index (χ4v) is 3.09. The Bertz CT molecular complexity index is 434. The molecule has 0 aromatic rings. The molecule has 2 rings (SSSR count). The zero-order valence-electron chi connectivity index (χ0n) is 19.2. The van der Waals surface area contributed by atoms with Crippen molar-refractivity contribution >= 4 is 11.8 Å². The molecule has 2 fully saturated rings. The van der Waals surface area contributed by atoms with Crippen LogP contribution in [0.4, 0.5) is 0 Å². The summed E-state index contributed by atoms with van der Waals surface area (Å²) in [5.74, 6) is 0.468. The van der Waals surface area contributed by atoms with Gasteiger partial charge in [-0.1, -0.05) is 41.5 Å². The molecule has 0 bridgehead atoms. The van der Waals surface area contributed by atoms with E-state index >= 15 is 0 Å². The number of hydrogen-bond acceptors (Lipinski definition) is 4. The molecule has 1 aliphatic heterocycles. The van der Waals surface area contributed by atoms with Crippen LogP contribution >= 0.6 is 0 Å². The highest BCUT2D eigenvalue weighted by Gasteiger charge is 2.29. The Morgan fingerprint density at radius 1 is 0.857 bits per heavy atom. The molecule has 0 unspecified atom stereocenters. The molecule has 0 aromatic heterocycles. The lowest BCUT2D eigenvalue weighted by atomic mass is 9.83. The number of rotatable bonds is 4. The van der Waals surface area contributed by atoms with Gasteiger partial charge in [-0.3, -0.25) is 9.59 Å². The molecule has 2 amide bonds. The molecule has 0 radical (unpaired) electrons. The lowest BCUT2D eigenvalue weighted by molar-refractivity contribution is -0.125. The van der Waals surface area contributed by atoms with Gasteiger partial charge in [-0.15, -0.1) is 0 Å². The van der Waals surface area contributed by atoms with Crippen LogP contribution in [0.3, 0.4) is 0 Å². The fourth-order valence-electron chi connectivity index (χ4n) is 3.09. The summed E-state index contributed by atoms with van der Waals surface area (Å²) in [6, 6.07) is 0.672. The molecule has 0 aromatic carbocycles. The second-order valence-electron chi connectivity index (χ2n) is 8.62. The Hall–Kier alpha value is -1.14. The largest absolute Gasteiger partial charge is 0.390 e. The average molecular weight is 400 g/mol. The lowest BCUT2D eigenvalue weighted by Gasteiger charge is -2.33. The van der Waals surface area contributed by atoms with Crippen LogP contribution in [0.2, 0.25) is 0 Å². The van der Waals surface area contributed by atoms with Crippen molar-refractivity contribution in [1.82, 2.24) is 16.0 Å². The fraction of sp³-hybridized carbons (Fsp3) is 0.909. The first-order valence-corrected chi connectivity index (χ1v) is 11.1. The van der Waals surface area contributed by atoms with E-state index < -0.39 is 5.60 Å². The molecule has 166 valence electrons. The van der Waals surface area contributed by atoms with Crippen LogP contribution in [0.15, 0.2) is 0 Å². The first-order valence-electron chi connectivity index (χ1n) is 11.1. The van der Waals surface area contributed by atoms with E-state index in [9.17, 15) is 14.7 Å². The molecule has 4 N–H and O–H groups in total. The molecule has 2 aliphatic rings. The number of amides is 2. The van der Waals surface area contributed by atoms with Crippen molar-refractivity contribution in [3.05, 3.63) is 0 Å². The van der Waals surface area contributed by atoms with Gasteiger partial charge < -0.3 is 21.1 Å². The van der Waals surface area contributed by atoms with Gasteiger partial charge in [-0.25, -0.2) is 0 Å². The van der Waals surface area contributed by atoms with E-state index in [-0.39, 0.29) is 29.7 Å². The molecule has 0 atom stereocenters. The summed E-state index contributed by atoms with van der Waals surface area (Å²) in [5.41, 5.74) is -0.515. The number of carbonyl (C=O) groups is 2. The molecule has 1 saturated carbocycles. The minimum Gasteiger partial charge on any atom is -0.390 e. The first kappa shape index (κ1) is 26.9. The smallest absolute Gasteiger partial charge is 0.222 e. The molecule has 1 saturated heterocycles. The Morgan fingerprint density at radius 2 is 1.21 bits per heavy atom. The van der Waals surface area contributed by atoms with Gasteiger partial charge in [0.1, 0.15) is 0 Å². The van der Waals surface area contributed by atoms with Crippen molar-refractivity contribution < 1.29 is 14.7 Å². The van der Waals surface area contributed by atoms with Gasteiger partial charge in [0, 0.05) is 23.9 Å². The summed E-state index contributed by atoms with van der Waals surface area (Å²) in [4.78, 5) is 22.7. The van der Waals surface area contributed by atoms with E-state index in [1.54, 1.807) is 0 Å². The molecule has 1 heterocycles. The van der Waals surface area contributed by atoms with E-state index in [1.807, 2.05) is 48.5 Å². The molecule has 0 spiro atoms. The maximum absolute atomic E-state index is 11.4. The summed E-state index contributed by atoms with van der Waals surface area (Å²) in [7, 11) is 0. The average Bonchev–Trinajstić information content (AvgIpc) is 2.66. The molecule has 1 aliphatic carbocycles. The minimum atomic E-state index is -0.515. The highest BCUT2D eigenvalue weighted by atomic mass is 16.3. The zero-order chi connectivity index (χ0) is 21.7. The van der Waals surface area contributed by atoms with E-state index in [1.165, 1.54) is 0 Å². The van der Waals surface area contributed by atoms with Gasteiger partial charge in [0.15, 0.2) is 0 Å². The van der Waals surface area contributed by atoms with Crippen LogP contribution in [-0.4, -0.2) is 47.7 Å². The van der Waals surface area contributed by atoms with Crippen molar-refractivity contribution in [2.24, 2.45) is 11.8 Å². The van der Waals surface area contributed by atoms with Crippen molar-refractivity contribution in [3.63, 3.8) is 0 Å². The van der Waals surface area contributed by atoms with Gasteiger partial charge >= 0.3 is 0 Å². The van der Waals surface area contributed by atoms with E-state index in [0.29, 0.717) is 6.04 Å². The van der Waals surface area contributed by atoms with Gasteiger partial charge in [0.05, 0.1) is 5.60 Å². The zero-order valence-corrected chi connectivity index (χ0v) is 19.2. The SMILES string of the molecule is CC.CC(C)C(=O)NC1CCC(C)(O)CC1.CC(C)C(=O)NC1CCNCC1. The van der Waals surface area contributed by atoms with E-state index in [0.717, 1.165) is 51.6 Å². The molecule has 6 heteroatoms. The van der Waals surface area contributed by atoms with Crippen LogP contribution in [0.25, 0.3) is 0 Å². The van der Waals surface area contributed by atoms with Gasteiger partial charge in [-0.2, -0.15) is 0 Å². The molecular formula is C22H45N3O3. The molecule has 28 heavy (non-hydrogen) atoms. The summed E-state index contributed by atoms with van der Waals surface area (Å²) in [6.45, 7) is 15.6. The van der Waals surface area contributed by atoms with Crippen molar-refractivity contribution in [1.29, 1.82) is 0 Å². The lowest BCUT2D eigenvalue weighted by Crippen LogP contribution is -2.44. The predicted molar refractivity (Wildman–Crippen MR) is 116 cm³/mol. The number of aliphatic hydroxyl groups is 1. The quantitative estimate of drug-likeness (QED) is 0.585. The van der Waals surface area contributed by atoms with E-state index in [4.69, 9.17) is 0 Å². The Balaban J connectivity index is 0.000000483. The van der Waals surface area contributed by atoms with E-state index in [2.05, 4.69) is 16.0 Å². The molecule has 6 nitrogen and oxygen atoms in total. The summed E-state index contributed by atoms with van der Waals surface area (Å²) >= 11 is 0. The highest BCUT2D eigenvalue weighted by molar-refractivity contribution is 5.78. The normalized spacial score (nSPS) is 25.1. The number of nitrogens with one attached hydrogen (secondary N) is 3. The molecular weight excluding hydrogens is 354 g/mol. The number of hydrogen-bond donors (Lipinski definition) is 4. The van der Waals surface area contributed by atoms with Crippen LogP contribution in [-0.2, 0) is 9.59 Å². The maximum Gasteiger partial charge on any atom is 0.222 e. The van der Waals surface area contributed by atoms with Crippen molar-refractivity contribution in [3.8, 4) is 0 Å². The number of carbonyl (C=O) groups excluding carboxylic acids is 2. The van der Waals surface area contributed by atoms with Gasteiger partial charge in [-0.05, 0) is 58.5 Å². The Labute approximate surface area is 172 Å². The topological polar surface area (TPSA) is 90.5 Å². The maximum atomic E-state index is 11.4. The van der Waals surface area contributed by atoms with Crippen molar-refractivity contribution in [2.45, 2.75) is 105 Å². The standard InChI is InChI=1S/C11H21NO2.C9H18N2O.C2H6/c1-8(2)10(13)12-9-4-6-11(3,14)7-5-9;1-7(2)9(12)11-8-3-5-10-6-4-8;1-2/h8-9,14H,4-7H2,1-3H3,(H,12,13);7-8,10H,3-6H2,1-2H3,(H,11,12);1-2H3. The second-order valence-corrected chi connectivity index (χ2v) is 8.62. The van der Waals surface area contributed by atoms with Gasteiger partial charge in [0.25, 0.3) is 0 Å². The summed E-state index contributed by atoms with van der Waals surface area (Å²) in [5, 5.41) is 19.0. The Morgan fingerprint density at radius 3 is 1.57 bits per heavy atom. The number of piperidine rings is 1. The van der Waals surface area contributed by atoms with Crippen molar-refractivity contribution in [2.75, 3.05) is 13.1 Å². The summed E-state index contributed by atoms with van der Waals surface area (Å²) < 4.78 is 0. The minimum absolute atomic E-state index is 0.0532. The highest BCUT2D eigenvalue weighted by Crippen LogP contribution is 2.27.